The average molecular weight is 472 g/mol. The molecule has 0 unspecified atom stereocenters. The van der Waals surface area contributed by atoms with Gasteiger partial charge in [0.15, 0.2) is 17.3 Å². The lowest BCUT2D eigenvalue weighted by molar-refractivity contribution is -0.117. The first-order valence-electron chi connectivity index (χ1n) is 9.70. The van der Waals surface area contributed by atoms with E-state index in [1.54, 1.807) is 30.5 Å². The number of carbonyl (C=O) groups is 1. The molecule has 0 aliphatic carbocycles. The van der Waals surface area contributed by atoms with Crippen LogP contribution in [0, 0.1) is 0 Å². The number of alkyl halides is 2. The Morgan fingerprint density at radius 3 is 2.73 bits per heavy atom. The molecule has 4 rings (SSSR count). The van der Waals surface area contributed by atoms with Crippen molar-refractivity contribution in [2.45, 2.75) is 12.8 Å². The van der Waals surface area contributed by atoms with E-state index in [1.165, 1.54) is 23.0 Å². The van der Waals surface area contributed by atoms with Crippen LogP contribution in [-0.4, -0.2) is 51.3 Å². The number of halogens is 2. The Morgan fingerprint density at radius 1 is 1.15 bits per heavy atom. The third-order valence-corrected chi connectivity index (χ3v) is 5.35. The van der Waals surface area contributed by atoms with Crippen LogP contribution in [0.25, 0.3) is 28.4 Å². The molecule has 0 amide bonds. The highest BCUT2D eigenvalue weighted by Crippen LogP contribution is 2.24. The van der Waals surface area contributed by atoms with E-state index in [4.69, 9.17) is 0 Å². The summed E-state index contributed by atoms with van der Waals surface area (Å²) in [4.78, 5) is 28.8. The average Bonchev–Trinajstić information content (AvgIpc) is 3.21. The molecule has 3 heterocycles. The minimum absolute atomic E-state index is 0.0466. The van der Waals surface area contributed by atoms with Crippen molar-refractivity contribution >= 4 is 21.5 Å². The molecule has 0 radical (unpaired) electrons. The summed E-state index contributed by atoms with van der Waals surface area (Å²) in [6.45, 7) is -0.287. The summed E-state index contributed by atoms with van der Waals surface area (Å²) in [5.41, 5.74) is 2.38. The van der Waals surface area contributed by atoms with Crippen LogP contribution in [0.1, 0.15) is 17.7 Å². The SMILES string of the molecule is CS(=O)(=O)NCC(=O)Cc1cccc(-c2ccnc(-c3cnc4cnc(C(F)F)cn34)n2)c1. The molecule has 33 heavy (non-hydrogen) atoms. The third-order valence-electron chi connectivity index (χ3n) is 4.68. The standard InChI is InChI=1S/C21H18F2N6O3S/c1-33(31,32)27-9-15(30)8-13-3-2-4-14(7-13)16-5-6-24-21(28-16)18-10-26-19-11-25-17(20(22)23)12-29(18)19/h2-7,10-12,20,27H,8-9H2,1H3. The van der Waals surface area contributed by atoms with Gasteiger partial charge < -0.3 is 0 Å². The highest BCUT2D eigenvalue weighted by molar-refractivity contribution is 7.88. The number of hydrogen-bond donors (Lipinski definition) is 1. The number of fused-ring (bicyclic) bond motifs is 1. The second kappa shape index (κ2) is 9.08. The lowest BCUT2D eigenvalue weighted by Gasteiger charge is -2.07. The molecule has 0 saturated carbocycles. The number of aromatic nitrogens is 5. The summed E-state index contributed by atoms with van der Waals surface area (Å²) in [6.07, 6.45) is 3.79. The summed E-state index contributed by atoms with van der Waals surface area (Å²) < 4.78 is 52.1. The number of ketones is 1. The largest absolute Gasteiger partial charge is 0.298 e. The zero-order chi connectivity index (χ0) is 23.6. The van der Waals surface area contributed by atoms with E-state index in [1.807, 2.05) is 6.07 Å². The highest BCUT2D eigenvalue weighted by Gasteiger charge is 2.15. The van der Waals surface area contributed by atoms with Gasteiger partial charge in [0.2, 0.25) is 10.0 Å². The number of nitrogens with zero attached hydrogens (tertiary/aromatic N) is 5. The van der Waals surface area contributed by atoms with Crippen molar-refractivity contribution in [3.8, 4) is 22.8 Å². The van der Waals surface area contributed by atoms with Crippen LogP contribution in [0.15, 0.2) is 55.1 Å². The molecule has 3 aromatic heterocycles. The maximum atomic E-state index is 13.1. The molecule has 12 heteroatoms. The fourth-order valence-corrected chi connectivity index (χ4v) is 3.59. The van der Waals surface area contributed by atoms with Crippen molar-refractivity contribution < 1.29 is 22.0 Å². The van der Waals surface area contributed by atoms with E-state index in [0.29, 0.717) is 28.2 Å². The Balaban J connectivity index is 1.61. The molecule has 4 aromatic rings. The monoisotopic (exact) mass is 472 g/mol. The molecular formula is C21H18F2N6O3S. The van der Waals surface area contributed by atoms with Crippen LogP contribution >= 0.6 is 0 Å². The quantitative estimate of drug-likeness (QED) is 0.418. The molecule has 0 bridgehead atoms. The first kappa shape index (κ1) is 22.6. The van der Waals surface area contributed by atoms with Gasteiger partial charge in [0.05, 0.1) is 30.9 Å². The molecular weight excluding hydrogens is 454 g/mol. The number of imidazole rings is 1. The van der Waals surface area contributed by atoms with Crippen molar-refractivity contribution in [3.05, 3.63) is 66.4 Å². The second-order valence-electron chi connectivity index (χ2n) is 7.26. The number of benzene rings is 1. The van der Waals surface area contributed by atoms with Gasteiger partial charge in [-0.05, 0) is 17.7 Å². The summed E-state index contributed by atoms with van der Waals surface area (Å²) in [6, 6.07) is 8.79. The summed E-state index contributed by atoms with van der Waals surface area (Å²) >= 11 is 0. The number of rotatable bonds is 8. The van der Waals surface area contributed by atoms with Gasteiger partial charge in [-0.1, -0.05) is 18.2 Å². The molecule has 0 aliphatic rings. The van der Waals surface area contributed by atoms with Gasteiger partial charge in [0.1, 0.15) is 11.4 Å². The molecule has 0 spiro atoms. The van der Waals surface area contributed by atoms with Gasteiger partial charge in [0.25, 0.3) is 6.43 Å². The van der Waals surface area contributed by atoms with E-state index in [-0.39, 0.29) is 30.3 Å². The van der Waals surface area contributed by atoms with Crippen LogP contribution in [0.4, 0.5) is 8.78 Å². The summed E-state index contributed by atoms with van der Waals surface area (Å²) in [5, 5.41) is 0. The minimum atomic E-state index is -3.45. The zero-order valence-electron chi connectivity index (χ0n) is 17.3. The van der Waals surface area contributed by atoms with Gasteiger partial charge in [-0.3, -0.25) is 9.20 Å². The highest BCUT2D eigenvalue weighted by atomic mass is 32.2. The van der Waals surface area contributed by atoms with Crippen molar-refractivity contribution in [2.24, 2.45) is 0 Å². The number of Topliss-reactive ketones (excluding diaryl/α,β-unsaturated/α-hetero) is 1. The van der Waals surface area contributed by atoms with Crippen LogP contribution in [-0.2, 0) is 21.2 Å². The van der Waals surface area contributed by atoms with Gasteiger partial charge in [-0.2, -0.15) is 0 Å². The minimum Gasteiger partial charge on any atom is -0.298 e. The fourth-order valence-electron chi connectivity index (χ4n) is 3.17. The molecule has 0 aliphatic heterocycles. The number of carbonyl (C=O) groups excluding carboxylic acids is 1. The number of sulfonamides is 1. The predicted octanol–water partition coefficient (Wildman–Crippen LogP) is 2.45. The lowest BCUT2D eigenvalue weighted by Crippen LogP contribution is -2.29. The van der Waals surface area contributed by atoms with E-state index in [9.17, 15) is 22.0 Å². The topological polar surface area (TPSA) is 119 Å². The molecule has 1 N–H and O–H groups in total. The normalized spacial score (nSPS) is 11.9. The van der Waals surface area contributed by atoms with E-state index >= 15 is 0 Å². The first-order chi connectivity index (χ1) is 15.7. The zero-order valence-corrected chi connectivity index (χ0v) is 18.1. The van der Waals surface area contributed by atoms with Gasteiger partial charge in [-0.25, -0.2) is 41.9 Å². The van der Waals surface area contributed by atoms with Gasteiger partial charge in [0, 0.05) is 24.4 Å². The molecule has 9 nitrogen and oxygen atoms in total. The maximum absolute atomic E-state index is 13.1. The Labute approximate surface area is 187 Å². The molecule has 1 aromatic carbocycles. The molecule has 0 atom stereocenters. The lowest BCUT2D eigenvalue weighted by atomic mass is 10.0. The third kappa shape index (κ3) is 5.41. The van der Waals surface area contributed by atoms with E-state index < -0.39 is 16.4 Å². The van der Waals surface area contributed by atoms with Crippen molar-refractivity contribution in [3.63, 3.8) is 0 Å². The Kier molecular flexibility index (Phi) is 6.20. The molecule has 170 valence electrons. The van der Waals surface area contributed by atoms with Crippen molar-refractivity contribution in [1.29, 1.82) is 0 Å². The van der Waals surface area contributed by atoms with Gasteiger partial charge >= 0.3 is 0 Å². The second-order valence-corrected chi connectivity index (χ2v) is 9.09. The molecule has 0 fully saturated rings. The predicted molar refractivity (Wildman–Crippen MR) is 116 cm³/mol. The van der Waals surface area contributed by atoms with E-state index in [0.717, 1.165) is 6.26 Å². The first-order valence-corrected chi connectivity index (χ1v) is 11.6. The number of hydrogen-bond acceptors (Lipinski definition) is 7. The fraction of sp³-hybridized carbons (Fsp3) is 0.190. The summed E-state index contributed by atoms with van der Waals surface area (Å²) in [5.74, 6) is 0.000346. The number of nitrogens with one attached hydrogen (secondary N) is 1. The van der Waals surface area contributed by atoms with Gasteiger partial charge in [-0.15, -0.1) is 0 Å². The molecule has 0 saturated heterocycles. The van der Waals surface area contributed by atoms with Crippen molar-refractivity contribution in [2.75, 3.05) is 12.8 Å². The Hall–Kier alpha value is -3.64. The van der Waals surface area contributed by atoms with Crippen LogP contribution in [0.5, 0.6) is 0 Å². The van der Waals surface area contributed by atoms with E-state index in [2.05, 4.69) is 24.7 Å². The summed E-state index contributed by atoms with van der Waals surface area (Å²) in [7, 11) is -3.45. The smallest absolute Gasteiger partial charge is 0.281 e. The van der Waals surface area contributed by atoms with Crippen molar-refractivity contribution in [1.82, 2.24) is 29.1 Å². The van der Waals surface area contributed by atoms with Crippen LogP contribution < -0.4 is 4.72 Å². The maximum Gasteiger partial charge on any atom is 0.281 e. The van der Waals surface area contributed by atoms with Crippen LogP contribution in [0.3, 0.4) is 0 Å². The van der Waals surface area contributed by atoms with Crippen LogP contribution in [0.2, 0.25) is 0 Å². The Bertz CT molecular complexity index is 1440. The Morgan fingerprint density at radius 2 is 1.97 bits per heavy atom.